The fourth-order valence-corrected chi connectivity index (χ4v) is 1.51. The van der Waals surface area contributed by atoms with Crippen molar-refractivity contribution in [1.29, 1.82) is 0 Å². The van der Waals surface area contributed by atoms with Crippen molar-refractivity contribution in [3.05, 3.63) is 35.3 Å². The molecule has 1 heterocycles. The number of ether oxygens (including phenoxy) is 1. The molecule has 94 valence electrons. The molecule has 18 heavy (non-hydrogen) atoms. The number of carbonyl (C=O) groups is 1. The molecule has 5 nitrogen and oxygen atoms in total. The Morgan fingerprint density at radius 3 is 2.89 bits per heavy atom. The lowest BCUT2D eigenvalue weighted by atomic mass is 10.1. The molecule has 2 rings (SSSR count). The topological polar surface area (TPSA) is 67.9 Å². The van der Waals surface area contributed by atoms with Crippen LogP contribution in [0.25, 0.3) is 11.3 Å². The van der Waals surface area contributed by atoms with Gasteiger partial charge in [0.25, 0.3) is 0 Å². The van der Waals surface area contributed by atoms with E-state index in [2.05, 4.69) is 15.4 Å². The average Bonchev–Trinajstić information content (AvgIpc) is 2.82. The predicted molar refractivity (Wildman–Crippen MR) is 62.5 cm³/mol. The van der Waals surface area contributed by atoms with Crippen molar-refractivity contribution < 1.29 is 13.9 Å². The van der Waals surface area contributed by atoms with Gasteiger partial charge < -0.3 is 4.74 Å². The molecule has 6 heteroatoms. The molecule has 0 aliphatic rings. The quantitative estimate of drug-likeness (QED) is 0.846. The van der Waals surface area contributed by atoms with Crippen molar-refractivity contribution in [3.63, 3.8) is 0 Å². The van der Waals surface area contributed by atoms with Crippen LogP contribution in [0.5, 0.6) is 0 Å². The number of esters is 1. The highest BCUT2D eigenvalue weighted by Crippen LogP contribution is 2.22. The molecular weight excluding hydrogens is 237 g/mol. The standard InChI is InChI=1S/C12H12FN3O2/c1-3-18-12(17)11-10(14-16-15-11)8-5-4-7(2)9(13)6-8/h4-6H,3H2,1-2H3,(H,14,15,16). The number of H-pyrrole nitrogens is 1. The number of rotatable bonds is 3. The van der Waals surface area contributed by atoms with E-state index in [1.165, 1.54) is 6.07 Å². The Kier molecular flexibility index (Phi) is 3.36. The maximum absolute atomic E-state index is 13.5. The van der Waals surface area contributed by atoms with E-state index >= 15 is 0 Å². The van der Waals surface area contributed by atoms with Crippen LogP contribution >= 0.6 is 0 Å². The largest absolute Gasteiger partial charge is 0.461 e. The van der Waals surface area contributed by atoms with Crippen LogP contribution in [0.1, 0.15) is 23.0 Å². The van der Waals surface area contributed by atoms with Crippen LogP contribution in [0.15, 0.2) is 18.2 Å². The van der Waals surface area contributed by atoms with Gasteiger partial charge in [-0.25, -0.2) is 9.18 Å². The van der Waals surface area contributed by atoms with E-state index in [9.17, 15) is 9.18 Å². The molecule has 0 fully saturated rings. The summed E-state index contributed by atoms with van der Waals surface area (Å²) in [5, 5.41) is 9.93. The molecule has 0 aliphatic carbocycles. The van der Waals surface area contributed by atoms with Gasteiger partial charge in [0.15, 0.2) is 5.69 Å². The van der Waals surface area contributed by atoms with Crippen molar-refractivity contribution in [3.8, 4) is 11.3 Å². The van der Waals surface area contributed by atoms with Crippen molar-refractivity contribution in [1.82, 2.24) is 15.4 Å². The van der Waals surface area contributed by atoms with Crippen LogP contribution in [0.2, 0.25) is 0 Å². The summed E-state index contributed by atoms with van der Waals surface area (Å²) < 4.78 is 18.3. The molecule has 0 radical (unpaired) electrons. The zero-order valence-electron chi connectivity index (χ0n) is 10.0. The first-order valence-corrected chi connectivity index (χ1v) is 5.48. The molecule has 1 aromatic carbocycles. The Balaban J connectivity index is 2.42. The Morgan fingerprint density at radius 1 is 1.44 bits per heavy atom. The number of halogens is 1. The molecule has 0 bridgehead atoms. The zero-order chi connectivity index (χ0) is 13.1. The molecule has 0 unspecified atom stereocenters. The van der Waals surface area contributed by atoms with E-state index < -0.39 is 5.97 Å². The summed E-state index contributed by atoms with van der Waals surface area (Å²) in [6.45, 7) is 3.60. The predicted octanol–water partition coefficient (Wildman–Crippen LogP) is 2.10. The molecule has 0 atom stereocenters. The summed E-state index contributed by atoms with van der Waals surface area (Å²) in [7, 11) is 0. The third-order valence-corrected chi connectivity index (χ3v) is 2.46. The lowest BCUT2D eigenvalue weighted by molar-refractivity contribution is 0.0520. The van der Waals surface area contributed by atoms with Crippen molar-refractivity contribution in [2.75, 3.05) is 6.61 Å². The molecule has 1 N–H and O–H groups in total. The minimum Gasteiger partial charge on any atom is -0.461 e. The smallest absolute Gasteiger partial charge is 0.361 e. The van der Waals surface area contributed by atoms with Crippen LogP contribution in [0.3, 0.4) is 0 Å². The van der Waals surface area contributed by atoms with Gasteiger partial charge >= 0.3 is 5.97 Å². The number of benzene rings is 1. The molecule has 1 aromatic heterocycles. The minimum atomic E-state index is -0.581. The van der Waals surface area contributed by atoms with Crippen LogP contribution in [0.4, 0.5) is 4.39 Å². The molecular formula is C12H12FN3O2. The first kappa shape index (κ1) is 12.2. The summed E-state index contributed by atoms with van der Waals surface area (Å²) in [6, 6.07) is 4.61. The van der Waals surface area contributed by atoms with Gasteiger partial charge in [-0.05, 0) is 25.5 Å². The van der Waals surface area contributed by atoms with Crippen molar-refractivity contribution in [2.45, 2.75) is 13.8 Å². The summed E-state index contributed by atoms with van der Waals surface area (Å²) in [5.41, 5.74) is 1.35. The lowest BCUT2D eigenvalue weighted by Crippen LogP contribution is -2.06. The third kappa shape index (κ3) is 2.22. The van der Waals surface area contributed by atoms with E-state index in [1.807, 2.05) is 0 Å². The number of nitrogens with one attached hydrogen (secondary N) is 1. The van der Waals surface area contributed by atoms with Gasteiger partial charge in [0, 0.05) is 5.56 Å². The number of aromatic nitrogens is 3. The minimum absolute atomic E-state index is 0.0557. The Hall–Kier alpha value is -2.24. The highest BCUT2D eigenvalue weighted by Gasteiger charge is 2.19. The second-order valence-corrected chi connectivity index (χ2v) is 3.71. The summed E-state index contributed by atoms with van der Waals surface area (Å²) >= 11 is 0. The Labute approximate surface area is 103 Å². The molecule has 0 saturated carbocycles. The van der Waals surface area contributed by atoms with Crippen molar-refractivity contribution >= 4 is 5.97 Å². The van der Waals surface area contributed by atoms with E-state index in [4.69, 9.17) is 4.74 Å². The van der Waals surface area contributed by atoms with Gasteiger partial charge in [-0.1, -0.05) is 12.1 Å². The fraction of sp³-hybridized carbons (Fsp3) is 0.250. The van der Waals surface area contributed by atoms with Crippen LogP contribution < -0.4 is 0 Å². The van der Waals surface area contributed by atoms with Crippen molar-refractivity contribution in [2.24, 2.45) is 0 Å². The van der Waals surface area contributed by atoms with E-state index in [0.717, 1.165) is 0 Å². The van der Waals surface area contributed by atoms with Crippen LogP contribution in [-0.4, -0.2) is 28.0 Å². The van der Waals surface area contributed by atoms with Gasteiger partial charge in [0.05, 0.1) is 6.61 Å². The maximum Gasteiger partial charge on any atom is 0.361 e. The molecule has 2 aromatic rings. The fourth-order valence-electron chi connectivity index (χ4n) is 1.51. The summed E-state index contributed by atoms with van der Waals surface area (Å²) in [4.78, 5) is 11.6. The van der Waals surface area contributed by atoms with Gasteiger partial charge in [-0.3, -0.25) is 0 Å². The number of aryl methyl sites for hydroxylation is 1. The first-order chi connectivity index (χ1) is 8.63. The zero-order valence-corrected chi connectivity index (χ0v) is 10.0. The van der Waals surface area contributed by atoms with Gasteiger partial charge in [0.2, 0.25) is 0 Å². The molecule has 0 amide bonds. The SMILES string of the molecule is CCOC(=O)c1n[nH]nc1-c1ccc(C)c(F)c1. The summed E-state index contributed by atoms with van der Waals surface area (Å²) in [6.07, 6.45) is 0. The van der Waals surface area contributed by atoms with E-state index in [1.54, 1.807) is 26.0 Å². The van der Waals surface area contributed by atoms with Crippen LogP contribution in [0, 0.1) is 12.7 Å². The number of carbonyl (C=O) groups excluding carboxylic acids is 1. The molecule has 0 spiro atoms. The summed E-state index contributed by atoms with van der Waals surface area (Å²) in [5.74, 6) is -0.937. The van der Waals surface area contributed by atoms with Crippen LogP contribution in [-0.2, 0) is 4.74 Å². The van der Waals surface area contributed by atoms with E-state index in [0.29, 0.717) is 11.1 Å². The van der Waals surface area contributed by atoms with Gasteiger partial charge in [0.1, 0.15) is 11.5 Å². The Morgan fingerprint density at radius 2 is 2.22 bits per heavy atom. The molecule has 0 aliphatic heterocycles. The van der Waals surface area contributed by atoms with Gasteiger partial charge in [-0.15, -0.1) is 5.10 Å². The second kappa shape index (κ2) is 4.95. The Bertz CT molecular complexity index is 580. The van der Waals surface area contributed by atoms with E-state index in [-0.39, 0.29) is 23.8 Å². The highest BCUT2D eigenvalue weighted by molar-refractivity contribution is 5.93. The average molecular weight is 249 g/mol. The second-order valence-electron chi connectivity index (χ2n) is 3.71. The number of hydrogen-bond acceptors (Lipinski definition) is 4. The third-order valence-electron chi connectivity index (χ3n) is 2.46. The normalized spacial score (nSPS) is 10.4. The number of nitrogens with zero attached hydrogens (tertiary/aromatic N) is 2. The molecule has 0 saturated heterocycles. The maximum atomic E-state index is 13.5. The number of aromatic amines is 1. The van der Waals surface area contributed by atoms with Gasteiger partial charge in [-0.2, -0.15) is 10.3 Å². The number of hydrogen-bond donors (Lipinski definition) is 1. The lowest BCUT2D eigenvalue weighted by Gasteiger charge is -2.02. The first-order valence-electron chi connectivity index (χ1n) is 5.48. The highest BCUT2D eigenvalue weighted by atomic mass is 19.1. The monoisotopic (exact) mass is 249 g/mol.